The number of anilines is 1. The first kappa shape index (κ1) is 17.8. The molecule has 142 valence electrons. The van der Waals surface area contributed by atoms with E-state index < -0.39 is 0 Å². The summed E-state index contributed by atoms with van der Waals surface area (Å²) in [5, 5.41) is 8.28. The van der Waals surface area contributed by atoms with Crippen molar-refractivity contribution in [1.29, 1.82) is 0 Å². The lowest BCUT2D eigenvalue weighted by molar-refractivity contribution is 0.0398. The predicted molar refractivity (Wildman–Crippen MR) is 105 cm³/mol. The summed E-state index contributed by atoms with van der Waals surface area (Å²) in [5.41, 5.74) is 3.69. The molecule has 0 spiro atoms. The fraction of sp³-hybridized carbons (Fsp3) is 0.400. The average molecular weight is 367 g/mol. The summed E-state index contributed by atoms with van der Waals surface area (Å²) >= 11 is 0. The van der Waals surface area contributed by atoms with E-state index in [2.05, 4.69) is 15.2 Å². The van der Waals surface area contributed by atoms with E-state index in [0.717, 1.165) is 73.6 Å². The number of hydrogen-bond acceptors (Lipinski definition) is 6. The zero-order chi connectivity index (χ0) is 18.6. The van der Waals surface area contributed by atoms with Crippen LogP contribution in [0, 0.1) is 6.92 Å². The molecule has 7 nitrogen and oxygen atoms in total. The van der Waals surface area contributed by atoms with E-state index in [0.29, 0.717) is 0 Å². The molecule has 0 bridgehead atoms. The molecule has 27 heavy (non-hydrogen) atoms. The molecule has 7 heteroatoms. The Bertz CT molecular complexity index is 918. The minimum absolute atomic E-state index is 0.817. The maximum absolute atomic E-state index is 5.41. The number of morpholine rings is 1. The molecule has 1 N–H and O–H groups in total. The van der Waals surface area contributed by atoms with Crippen LogP contribution in [0.2, 0.25) is 0 Å². The molecule has 2 aromatic heterocycles. The number of aryl methyl sites for hydroxylation is 1. The molecular formula is C20H25N5O2. The topological polar surface area (TPSA) is 63.9 Å². The second-order valence-corrected chi connectivity index (χ2v) is 6.70. The molecule has 1 saturated heterocycles. The molecule has 0 unspecified atom stereocenters. The van der Waals surface area contributed by atoms with Crippen molar-refractivity contribution in [2.75, 3.05) is 51.8 Å². The highest BCUT2D eigenvalue weighted by Crippen LogP contribution is 2.25. The third-order valence-electron chi connectivity index (χ3n) is 4.76. The molecule has 0 aliphatic carbocycles. The van der Waals surface area contributed by atoms with E-state index in [1.807, 2.05) is 47.8 Å². The summed E-state index contributed by atoms with van der Waals surface area (Å²) in [5.74, 6) is 1.78. The Morgan fingerprint density at radius 3 is 2.85 bits per heavy atom. The van der Waals surface area contributed by atoms with Crippen molar-refractivity contribution < 1.29 is 9.47 Å². The molecule has 3 heterocycles. The summed E-state index contributed by atoms with van der Waals surface area (Å²) in [6.07, 6.45) is 0. The Morgan fingerprint density at radius 1 is 1.19 bits per heavy atom. The van der Waals surface area contributed by atoms with Crippen LogP contribution in [0.15, 0.2) is 36.4 Å². The van der Waals surface area contributed by atoms with Gasteiger partial charge in [-0.2, -0.15) is 9.61 Å². The number of hydrogen-bond donors (Lipinski definition) is 1. The highest BCUT2D eigenvalue weighted by atomic mass is 16.5. The Morgan fingerprint density at radius 2 is 2.04 bits per heavy atom. The first-order chi connectivity index (χ1) is 13.2. The van der Waals surface area contributed by atoms with Crippen LogP contribution < -0.4 is 10.1 Å². The van der Waals surface area contributed by atoms with E-state index in [1.54, 1.807) is 7.11 Å². The number of rotatable bonds is 6. The highest BCUT2D eigenvalue weighted by molar-refractivity contribution is 5.67. The highest BCUT2D eigenvalue weighted by Gasteiger charge is 2.12. The number of methoxy groups -OCH3 is 1. The number of nitrogens with zero attached hydrogens (tertiary/aromatic N) is 4. The molecule has 0 amide bonds. The van der Waals surface area contributed by atoms with Crippen molar-refractivity contribution in [2.45, 2.75) is 6.92 Å². The van der Waals surface area contributed by atoms with Crippen LogP contribution in [0.4, 0.5) is 5.82 Å². The molecule has 1 aliphatic rings. The Balaban J connectivity index is 1.56. The lowest BCUT2D eigenvalue weighted by Gasteiger charge is -2.26. The Kier molecular flexibility index (Phi) is 5.22. The van der Waals surface area contributed by atoms with E-state index in [-0.39, 0.29) is 0 Å². The van der Waals surface area contributed by atoms with E-state index in [1.165, 1.54) is 0 Å². The Hall–Kier alpha value is -2.64. The normalized spacial score (nSPS) is 15.2. The maximum atomic E-state index is 5.41. The molecular weight excluding hydrogens is 342 g/mol. The third kappa shape index (κ3) is 4.04. The summed E-state index contributed by atoms with van der Waals surface area (Å²) in [6, 6.07) is 12.0. The van der Waals surface area contributed by atoms with Gasteiger partial charge in [0.15, 0.2) is 5.65 Å². The fourth-order valence-corrected chi connectivity index (χ4v) is 3.32. The number of fused-ring (bicyclic) bond motifs is 1. The number of nitrogens with one attached hydrogen (secondary N) is 1. The predicted octanol–water partition coefficient (Wildman–Crippen LogP) is 2.46. The number of aromatic nitrogens is 3. The average Bonchev–Trinajstić information content (AvgIpc) is 3.13. The molecule has 1 aromatic carbocycles. The standard InChI is InChI=1S/C20H25N5O2/c1-15-12-19(21-6-7-24-8-10-27-11-9-24)25-20(22-15)14-18(23-25)16-4-3-5-17(13-16)26-2/h3-5,12-14,21H,6-11H2,1-2H3. The van der Waals surface area contributed by atoms with Crippen LogP contribution in [0.3, 0.4) is 0 Å². The molecule has 0 saturated carbocycles. The number of benzene rings is 1. The lowest BCUT2D eigenvalue weighted by Crippen LogP contribution is -2.39. The summed E-state index contributed by atoms with van der Waals surface area (Å²) in [6.45, 7) is 7.47. The fourth-order valence-electron chi connectivity index (χ4n) is 3.32. The van der Waals surface area contributed by atoms with Gasteiger partial charge in [-0.3, -0.25) is 4.90 Å². The van der Waals surface area contributed by atoms with Gasteiger partial charge < -0.3 is 14.8 Å². The van der Waals surface area contributed by atoms with Crippen molar-refractivity contribution in [3.05, 3.63) is 42.1 Å². The van der Waals surface area contributed by atoms with Crippen molar-refractivity contribution in [3.63, 3.8) is 0 Å². The lowest BCUT2D eigenvalue weighted by atomic mass is 10.1. The summed E-state index contributed by atoms with van der Waals surface area (Å²) in [4.78, 5) is 7.03. The van der Waals surface area contributed by atoms with Crippen molar-refractivity contribution in [3.8, 4) is 17.0 Å². The molecule has 0 radical (unpaired) electrons. The van der Waals surface area contributed by atoms with Crippen LogP contribution in [-0.4, -0.2) is 66.0 Å². The van der Waals surface area contributed by atoms with Gasteiger partial charge >= 0.3 is 0 Å². The largest absolute Gasteiger partial charge is 0.497 e. The van der Waals surface area contributed by atoms with Crippen molar-refractivity contribution >= 4 is 11.5 Å². The van der Waals surface area contributed by atoms with E-state index in [4.69, 9.17) is 14.6 Å². The third-order valence-corrected chi connectivity index (χ3v) is 4.76. The van der Waals surface area contributed by atoms with Crippen LogP contribution in [0.1, 0.15) is 5.69 Å². The molecule has 4 rings (SSSR count). The molecule has 3 aromatic rings. The quantitative estimate of drug-likeness (QED) is 0.722. The first-order valence-corrected chi connectivity index (χ1v) is 9.29. The second-order valence-electron chi connectivity index (χ2n) is 6.70. The zero-order valence-electron chi connectivity index (χ0n) is 15.8. The Labute approximate surface area is 158 Å². The summed E-state index contributed by atoms with van der Waals surface area (Å²) in [7, 11) is 1.67. The SMILES string of the molecule is COc1cccc(-c2cc3nc(C)cc(NCCN4CCOCC4)n3n2)c1. The molecule has 1 fully saturated rings. The smallest absolute Gasteiger partial charge is 0.158 e. The van der Waals surface area contributed by atoms with Crippen molar-refractivity contribution in [2.24, 2.45) is 0 Å². The van der Waals surface area contributed by atoms with Gasteiger partial charge in [-0.25, -0.2) is 4.98 Å². The van der Waals surface area contributed by atoms with Crippen LogP contribution in [0.25, 0.3) is 16.9 Å². The van der Waals surface area contributed by atoms with Crippen LogP contribution in [-0.2, 0) is 4.74 Å². The molecule has 1 aliphatic heterocycles. The van der Waals surface area contributed by atoms with Gasteiger partial charge in [0.25, 0.3) is 0 Å². The molecule has 0 atom stereocenters. The van der Waals surface area contributed by atoms with Gasteiger partial charge in [0.1, 0.15) is 11.6 Å². The number of ether oxygens (including phenoxy) is 2. The van der Waals surface area contributed by atoms with Gasteiger partial charge in [-0.15, -0.1) is 0 Å². The summed E-state index contributed by atoms with van der Waals surface area (Å²) < 4.78 is 12.6. The minimum atomic E-state index is 0.817. The van der Waals surface area contributed by atoms with Crippen LogP contribution >= 0.6 is 0 Å². The first-order valence-electron chi connectivity index (χ1n) is 9.29. The van der Waals surface area contributed by atoms with Crippen molar-refractivity contribution in [1.82, 2.24) is 19.5 Å². The second kappa shape index (κ2) is 7.94. The minimum Gasteiger partial charge on any atom is -0.497 e. The van der Waals surface area contributed by atoms with Gasteiger partial charge in [0.2, 0.25) is 0 Å². The zero-order valence-corrected chi connectivity index (χ0v) is 15.8. The van der Waals surface area contributed by atoms with Crippen LogP contribution in [0.5, 0.6) is 5.75 Å². The van der Waals surface area contributed by atoms with Gasteiger partial charge in [0.05, 0.1) is 26.0 Å². The van der Waals surface area contributed by atoms with Gasteiger partial charge in [-0.05, 0) is 19.1 Å². The van der Waals surface area contributed by atoms with Gasteiger partial charge in [0, 0.05) is 49.6 Å². The van der Waals surface area contributed by atoms with E-state index in [9.17, 15) is 0 Å². The van der Waals surface area contributed by atoms with E-state index >= 15 is 0 Å². The maximum Gasteiger partial charge on any atom is 0.158 e. The monoisotopic (exact) mass is 367 g/mol. The van der Waals surface area contributed by atoms with Gasteiger partial charge in [-0.1, -0.05) is 12.1 Å².